The molecule has 0 fully saturated rings. The summed E-state index contributed by atoms with van der Waals surface area (Å²) in [5.74, 6) is 0.773. The van der Waals surface area contributed by atoms with Crippen molar-refractivity contribution in [2.75, 3.05) is 11.9 Å². The zero-order valence-electron chi connectivity index (χ0n) is 9.40. The van der Waals surface area contributed by atoms with Gasteiger partial charge in [-0.05, 0) is 19.9 Å². The van der Waals surface area contributed by atoms with Gasteiger partial charge in [-0.2, -0.15) is 0 Å². The van der Waals surface area contributed by atoms with Crippen molar-refractivity contribution >= 4 is 16.9 Å². The SMILES string of the molecule is CCNc1ncnc2c1ccc(=O)n2CC. The van der Waals surface area contributed by atoms with Gasteiger partial charge in [-0.3, -0.25) is 9.36 Å². The molecule has 5 heteroatoms. The fraction of sp³-hybridized carbons (Fsp3) is 0.364. The van der Waals surface area contributed by atoms with E-state index in [-0.39, 0.29) is 5.56 Å². The van der Waals surface area contributed by atoms with E-state index < -0.39 is 0 Å². The Morgan fingerprint density at radius 2 is 2.12 bits per heavy atom. The van der Waals surface area contributed by atoms with Gasteiger partial charge in [0.2, 0.25) is 0 Å². The minimum Gasteiger partial charge on any atom is -0.370 e. The highest BCUT2D eigenvalue weighted by molar-refractivity contribution is 5.86. The molecule has 84 valence electrons. The maximum Gasteiger partial charge on any atom is 0.252 e. The first-order valence-corrected chi connectivity index (χ1v) is 5.36. The number of nitrogens with zero attached hydrogens (tertiary/aromatic N) is 3. The Bertz CT molecular complexity index is 561. The topological polar surface area (TPSA) is 59.8 Å². The Morgan fingerprint density at radius 3 is 2.81 bits per heavy atom. The lowest BCUT2D eigenvalue weighted by Gasteiger charge is -2.09. The second kappa shape index (κ2) is 4.30. The van der Waals surface area contributed by atoms with Crippen LogP contribution in [-0.2, 0) is 6.54 Å². The van der Waals surface area contributed by atoms with Gasteiger partial charge in [-0.15, -0.1) is 0 Å². The number of pyridine rings is 1. The Hall–Kier alpha value is -1.91. The number of fused-ring (bicyclic) bond motifs is 1. The van der Waals surface area contributed by atoms with Crippen LogP contribution >= 0.6 is 0 Å². The molecule has 2 aromatic rings. The van der Waals surface area contributed by atoms with Crippen molar-refractivity contribution in [3.8, 4) is 0 Å². The number of aryl methyl sites for hydroxylation is 1. The first kappa shape index (κ1) is 10.6. The first-order chi connectivity index (χ1) is 7.77. The Kier molecular flexibility index (Phi) is 2.85. The molecule has 0 aliphatic rings. The van der Waals surface area contributed by atoms with Crippen molar-refractivity contribution < 1.29 is 0 Å². The Morgan fingerprint density at radius 1 is 1.31 bits per heavy atom. The molecule has 1 N–H and O–H groups in total. The normalized spacial score (nSPS) is 10.6. The van der Waals surface area contributed by atoms with E-state index in [1.165, 1.54) is 6.33 Å². The molecule has 0 spiro atoms. The molecule has 5 nitrogen and oxygen atoms in total. The number of nitrogens with one attached hydrogen (secondary N) is 1. The maximum absolute atomic E-state index is 11.6. The third-order valence-corrected chi connectivity index (χ3v) is 2.44. The molecule has 0 saturated heterocycles. The summed E-state index contributed by atoms with van der Waals surface area (Å²) in [7, 11) is 0. The lowest BCUT2D eigenvalue weighted by Crippen LogP contribution is -2.19. The molecule has 2 heterocycles. The van der Waals surface area contributed by atoms with Crippen LogP contribution in [0.5, 0.6) is 0 Å². The molecular formula is C11H14N4O. The van der Waals surface area contributed by atoms with E-state index in [2.05, 4.69) is 15.3 Å². The van der Waals surface area contributed by atoms with E-state index in [1.807, 2.05) is 13.8 Å². The largest absolute Gasteiger partial charge is 0.370 e. The second-order valence-corrected chi connectivity index (χ2v) is 3.41. The molecule has 0 radical (unpaired) electrons. The van der Waals surface area contributed by atoms with Gasteiger partial charge >= 0.3 is 0 Å². The van der Waals surface area contributed by atoms with Crippen LogP contribution in [0.4, 0.5) is 5.82 Å². The lowest BCUT2D eigenvalue weighted by molar-refractivity contribution is 0.748. The predicted molar refractivity (Wildman–Crippen MR) is 63.6 cm³/mol. The zero-order valence-corrected chi connectivity index (χ0v) is 9.40. The molecule has 0 aliphatic carbocycles. The van der Waals surface area contributed by atoms with Crippen LogP contribution < -0.4 is 10.9 Å². The van der Waals surface area contributed by atoms with Crippen molar-refractivity contribution in [1.29, 1.82) is 0 Å². The monoisotopic (exact) mass is 218 g/mol. The molecule has 0 atom stereocenters. The van der Waals surface area contributed by atoms with Crippen LogP contribution in [0.2, 0.25) is 0 Å². The molecule has 16 heavy (non-hydrogen) atoms. The third kappa shape index (κ3) is 1.64. The summed E-state index contributed by atoms with van der Waals surface area (Å²) >= 11 is 0. The van der Waals surface area contributed by atoms with Gasteiger partial charge in [0, 0.05) is 19.2 Å². The maximum atomic E-state index is 11.6. The van der Waals surface area contributed by atoms with Crippen LogP contribution in [0.1, 0.15) is 13.8 Å². The van der Waals surface area contributed by atoms with E-state index in [4.69, 9.17) is 0 Å². The highest BCUT2D eigenvalue weighted by atomic mass is 16.1. The molecule has 2 rings (SSSR count). The first-order valence-electron chi connectivity index (χ1n) is 5.36. The lowest BCUT2D eigenvalue weighted by atomic mass is 10.3. The van der Waals surface area contributed by atoms with E-state index in [0.29, 0.717) is 12.2 Å². The van der Waals surface area contributed by atoms with Gasteiger partial charge in [0.25, 0.3) is 5.56 Å². The number of hydrogen-bond donors (Lipinski definition) is 1. The fourth-order valence-corrected chi connectivity index (χ4v) is 1.72. The molecule has 0 amide bonds. The van der Waals surface area contributed by atoms with E-state index in [9.17, 15) is 4.79 Å². The average molecular weight is 218 g/mol. The van der Waals surface area contributed by atoms with Crippen LogP contribution in [0.15, 0.2) is 23.3 Å². The molecule has 0 unspecified atom stereocenters. The quantitative estimate of drug-likeness (QED) is 0.842. The van der Waals surface area contributed by atoms with E-state index in [0.717, 1.165) is 17.7 Å². The van der Waals surface area contributed by atoms with Crippen LogP contribution in [0, 0.1) is 0 Å². The van der Waals surface area contributed by atoms with Crippen molar-refractivity contribution in [2.24, 2.45) is 0 Å². The summed E-state index contributed by atoms with van der Waals surface area (Å²) in [5, 5.41) is 4.04. The minimum absolute atomic E-state index is 0.0313. The molecule has 0 saturated carbocycles. The number of rotatable bonds is 3. The number of anilines is 1. The highest BCUT2D eigenvalue weighted by Crippen LogP contribution is 2.16. The van der Waals surface area contributed by atoms with Gasteiger partial charge in [0.05, 0.1) is 5.39 Å². The van der Waals surface area contributed by atoms with Crippen LogP contribution in [0.3, 0.4) is 0 Å². The number of aromatic nitrogens is 3. The van der Waals surface area contributed by atoms with Gasteiger partial charge < -0.3 is 5.32 Å². The Labute approximate surface area is 93.2 Å². The summed E-state index contributed by atoms with van der Waals surface area (Å²) in [6.07, 6.45) is 1.48. The zero-order chi connectivity index (χ0) is 11.5. The second-order valence-electron chi connectivity index (χ2n) is 3.41. The summed E-state index contributed by atoms with van der Waals surface area (Å²) in [6, 6.07) is 3.32. The summed E-state index contributed by atoms with van der Waals surface area (Å²) < 4.78 is 1.64. The molecule has 0 aromatic carbocycles. The van der Waals surface area contributed by atoms with Crippen molar-refractivity contribution in [3.63, 3.8) is 0 Å². The van der Waals surface area contributed by atoms with Crippen LogP contribution in [-0.4, -0.2) is 21.1 Å². The van der Waals surface area contributed by atoms with Crippen LogP contribution in [0.25, 0.3) is 11.0 Å². The standard InChI is InChI=1S/C11H14N4O/c1-3-12-10-8-5-6-9(16)15(4-2)11(8)14-7-13-10/h5-7H,3-4H2,1-2H3,(H,12,13,14). The van der Waals surface area contributed by atoms with Gasteiger partial charge in [0.1, 0.15) is 17.8 Å². The van der Waals surface area contributed by atoms with Gasteiger partial charge in [-0.25, -0.2) is 9.97 Å². The molecule has 0 aliphatic heterocycles. The predicted octanol–water partition coefficient (Wildman–Crippen LogP) is 1.24. The minimum atomic E-state index is -0.0313. The summed E-state index contributed by atoms with van der Waals surface area (Å²) in [6.45, 7) is 5.33. The fourth-order valence-electron chi connectivity index (χ4n) is 1.72. The smallest absolute Gasteiger partial charge is 0.252 e. The van der Waals surface area contributed by atoms with Crippen molar-refractivity contribution in [2.45, 2.75) is 20.4 Å². The number of hydrogen-bond acceptors (Lipinski definition) is 4. The third-order valence-electron chi connectivity index (χ3n) is 2.44. The van der Waals surface area contributed by atoms with E-state index in [1.54, 1.807) is 16.7 Å². The van der Waals surface area contributed by atoms with Crippen molar-refractivity contribution in [1.82, 2.24) is 14.5 Å². The van der Waals surface area contributed by atoms with E-state index >= 15 is 0 Å². The summed E-state index contributed by atoms with van der Waals surface area (Å²) in [5.41, 5.74) is 0.650. The average Bonchev–Trinajstić information content (AvgIpc) is 2.29. The summed E-state index contributed by atoms with van der Waals surface area (Å²) in [4.78, 5) is 19.9. The van der Waals surface area contributed by atoms with Gasteiger partial charge in [0.15, 0.2) is 0 Å². The Balaban J connectivity index is 2.76. The van der Waals surface area contributed by atoms with Crippen molar-refractivity contribution in [3.05, 3.63) is 28.8 Å². The molecular weight excluding hydrogens is 204 g/mol. The molecule has 2 aromatic heterocycles. The molecule has 0 bridgehead atoms. The van der Waals surface area contributed by atoms with Gasteiger partial charge in [-0.1, -0.05) is 0 Å². The highest BCUT2D eigenvalue weighted by Gasteiger charge is 2.06.